The average molecular weight is 371 g/mol. The maximum absolute atomic E-state index is 11.9. The number of nitrogens with zero attached hydrogens (tertiary/aromatic N) is 1. The van der Waals surface area contributed by atoms with Gasteiger partial charge in [0.05, 0.1) is 19.1 Å². The van der Waals surface area contributed by atoms with E-state index in [9.17, 15) is 14.9 Å². The van der Waals surface area contributed by atoms with Gasteiger partial charge in [0.15, 0.2) is 0 Å². The second-order valence-electron chi connectivity index (χ2n) is 5.50. The SMILES string of the molecule is COc1cc(/C=C/C(=O)NCCNc2ccc([N+](=O)[O-])cc2)cc(OC)c1. The van der Waals surface area contributed by atoms with E-state index >= 15 is 0 Å². The summed E-state index contributed by atoms with van der Waals surface area (Å²) in [6.07, 6.45) is 3.10. The number of nitro benzene ring substituents is 1. The molecule has 27 heavy (non-hydrogen) atoms. The molecule has 2 N–H and O–H groups in total. The van der Waals surface area contributed by atoms with Crippen molar-refractivity contribution < 1.29 is 19.2 Å². The highest BCUT2D eigenvalue weighted by Crippen LogP contribution is 2.23. The number of benzene rings is 2. The van der Waals surface area contributed by atoms with Crippen LogP contribution in [0.15, 0.2) is 48.5 Å². The number of anilines is 1. The Balaban J connectivity index is 1.79. The first-order chi connectivity index (χ1) is 13.0. The molecule has 8 heteroatoms. The fraction of sp³-hybridized carbons (Fsp3) is 0.211. The van der Waals surface area contributed by atoms with E-state index in [-0.39, 0.29) is 11.6 Å². The fourth-order valence-electron chi connectivity index (χ4n) is 2.25. The van der Waals surface area contributed by atoms with Crippen molar-refractivity contribution in [2.45, 2.75) is 0 Å². The van der Waals surface area contributed by atoms with Crippen LogP contribution in [0.2, 0.25) is 0 Å². The number of hydrogen-bond acceptors (Lipinski definition) is 6. The average Bonchev–Trinajstić information content (AvgIpc) is 2.69. The van der Waals surface area contributed by atoms with E-state index in [1.54, 1.807) is 50.6 Å². The third-order valence-electron chi connectivity index (χ3n) is 3.63. The molecule has 0 aliphatic heterocycles. The largest absolute Gasteiger partial charge is 0.497 e. The zero-order chi connectivity index (χ0) is 19.6. The van der Waals surface area contributed by atoms with Crippen LogP contribution < -0.4 is 20.1 Å². The van der Waals surface area contributed by atoms with Gasteiger partial charge in [-0.15, -0.1) is 0 Å². The smallest absolute Gasteiger partial charge is 0.269 e. The Hall–Kier alpha value is -3.55. The molecular formula is C19H21N3O5. The van der Waals surface area contributed by atoms with Gasteiger partial charge in [-0.25, -0.2) is 0 Å². The molecule has 0 saturated heterocycles. The lowest BCUT2D eigenvalue weighted by molar-refractivity contribution is -0.384. The van der Waals surface area contributed by atoms with E-state index in [0.29, 0.717) is 24.6 Å². The van der Waals surface area contributed by atoms with Crippen LogP contribution in [0.3, 0.4) is 0 Å². The van der Waals surface area contributed by atoms with E-state index in [2.05, 4.69) is 10.6 Å². The number of ether oxygens (including phenoxy) is 2. The van der Waals surface area contributed by atoms with Gasteiger partial charge in [0.1, 0.15) is 11.5 Å². The van der Waals surface area contributed by atoms with Crippen LogP contribution >= 0.6 is 0 Å². The van der Waals surface area contributed by atoms with Crippen molar-refractivity contribution in [3.05, 3.63) is 64.2 Å². The van der Waals surface area contributed by atoms with Crippen molar-refractivity contribution in [2.75, 3.05) is 32.6 Å². The van der Waals surface area contributed by atoms with E-state index in [4.69, 9.17) is 9.47 Å². The molecule has 0 saturated carbocycles. The summed E-state index contributed by atoms with van der Waals surface area (Å²) in [4.78, 5) is 22.0. The van der Waals surface area contributed by atoms with Crippen molar-refractivity contribution in [3.63, 3.8) is 0 Å². The van der Waals surface area contributed by atoms with Gasteiger partial charge in [0.25, 0.3) is 5.69 Å². The van der Waals surface area contributed by atoms with Crippen LogP contribution in [0.4, 0.5) is 11.4 Å². The van der Waals surface area contributed by atoms with Crippen molar-refractivity contribution in [2.24, 2.45) is 0 Å². The third-order valence-corrected chi connectivity index (χ3v) is 3.63. The van der Waals surface area contributed by atoms with Crippen LogP contribution in [0.5, 0.6) is 11.5 Å². The zero-order valence-corrected chi connectivity index (χ0v) is 15.1. The van der Waals surface area contributed by atoms with Crippen molar-refractivity contribution in [1.29, 1.82) is 0 Å². The Bertz CT molecular complexity index is 796. The highest BCUT2D eigenvalue weighted by Gasteiger charge is 2.03. The number of methoxy groups -OCH3 is 2. The maximum Gasteiger partial charge on any atom is 0.269 e. The van der Waals surface area contributed by atoms with Gasteiger partial charge in [-0.3, -0.25) is 14.9 Å². The van der Waals surface area contributed by atoms with Crippen LogP contribution in [0.1, 0.15) is 5.56 Å². The number of hydrogen-bond donors (Lipinski definition) is 2. The van der Waals surface area contributed by atoms with Crippen LogP contribution in [0, 0.1) is 10.1 Å². The molecule has 0 bridgehead atoms. The second kappa shape index (κ2) is 9.81. The zero-order valence-electron chi connectivity index (χ0n) is 15.1. The number of carbonyl (C=O) groups is 1. The number of amides is 1. The van der Waals surface area contributed by atoms with Crippen molar-refractivity contribution in [1.82, 2.24) is 5.32 Å². The summed E-state index contributed by atoms with van der Waals surface area (Å²) in [5.74, 6) is 1.05. The normalized spacial score (nSPS) is 10.4. The van der Waals surface area contributed by atoms with Crippen molar-refractivity contribution in [3.8, 4) is 11.5 Å². The van der Waals surface area contributed by atoms with Gasteiger partial charge in [0, 0.05) is 43.1 Å². The first kappa shape index (κ1) is 19.8. The molecule has 0 aliphatic rings. The van der Waals surface area contributed by atoms with E-state index in [1.165, 1.54) is 18.2 Å². The van der Waals surface area contributed by atoms with E-state index < -0.39 is 4.92 Å². The molecule has 0 heterocycles. The summed E-state index contributed by atoms with van der Waals surface area (Å²) in [6.45, 7) is 0.895. The highest BCUT2D eigenvalue weighted by atomic mass is 16.6. The third kappa shape index (κ3) is 6.35. The Morgan fingerprint density at radius 1 is 1.07 bits per heavy atom. The molecule has 1 amide bonds. The molecule has 0 radical (unpaired) electrons. The molecule has 2 aromatic carbocycles. The van der Waals surface area contributed by atoms with Crippen LogP contribution in [0.25, 0.3) is 6.08 Å². The quantitative estimate of drug-likeness (QED) is 0.304. The summed E-state index contributed by atoms with van der Waals surface area (Å²) in [5.41, 5.74) is 1.56. The molecule has 0 unspecified atom stereocenters. The molecule has 0 aliphatic carbocycles. The number of carbonyl (C=O) groups excluding carboxylic acids is 1. The molecule has 2 rings (SSSR count). The summed E-state index contributed by atoms with van der Waals surface area (Å²) in [5, 5.41) is 16.4. The van der Waals surface area contributed by atoms with Crippen molar-refractivity contribution >= 4 is 23.4 Å². The van der Waals surface area contributed by atoms with Gasteiger partial charge in [-0.2, -0.15) is 0 Å². The number of non-ortho nitro benzene ring substituents is 1. The fourth-order valence-corrected chi connectivity index (χ4v) is 2.25. The van der Waals surface area contributed by atoms with Gasteiger partial charge in [0.2, 0.25) is 5.91 Å². The minimum atomic E-state index is -0.450. The Labute approximate surface area is 156 Å². The predicted octanol–water partition coefficient (Wildman–Crippen LogP) is 2.85. The minimum Gasteiger partial charge on any atom is -0.497 e. The number of rotatable bonds is 9. The van der Waals surface area contributed by atoms with Gasteiger partial charge < -0.3 is 20.1 Å². The summed E-state index contributed by atoms with van der Waals surface area (Å²) in [7, 11) is 3.12. The first-order valence-corrected chi connectivity index (χ1v) is 8.19. The monoisotopic (exact) mass is 371 g/mol. The molecule has 0 aromatic heterocycles. The Morgan fingerprint density at radius 2 is 1.70 bits per heavy atom. The van der Waals surface area contributed by atoms with Gasteiger partial charge in [-0.05, 0) is 35.9 Å². The summed E-state index contributed by atoms with van der Waals surface area (Å²) >= 11 is 0. The Morgan fingerprint density at radius 3 is 2.26 bits per heavy atom. The number of nitrogens with one attached hydrogen (secondary N) is 2. The summed E-state index contributed by atoms with van der Waals surface area (Å²) < 4.78 is 10.4. The van der Waals surface area contributed by atoms with Gasteiger partial charge >= 0.3 is 0 Å². The lowest BCUT2D eigenvalue weighted by Crippen LogP contribution is -2.27. The molecular weight excluding hydrogens is 350 g/mol. The topological polar surface area (TPSA) is 103 Å². The van der Waals surface area contributed by atoms with Crippen LogP contribution in [-0.4, -0.2) is 38.1 Å². The summed E-state index contributed by atoms with van der Waals surface area (Å²) in [6, 6.07) is 11.4. The van der Waals surface area contributed by atoms with Gasteiger partial charge in [-0.1, -0.05) is 0 Å². The standard InChI is InChI=1S/C19H21N3O5/c1-26-17-11-14(12-18(13-17)27-2)3-8-19(23)21-10-9-20-15-4-6-16(7-5-15)22(24)25/h3-8,11-13,20H,9-10H2,1-2H3,(H,21,23)/b8-3+. The maximum atomic E-state index is 11.9. The second-order valence-corrected chi connectivity index (χ2v) is 5.50. The highest BCUT2D eigenvalue weighted by molar-refractivity contribution is 5.91. The number of nitro groups is 1. The van der Waals surface area contributed by atoms with E-state index in [0.717, 1.165) is 11.3 Å². The molecule has 0 atom stereocenters. The first-order valence-electron chi connectivity index (χ1n) is 8.19. The lowest BCUT2D eigenvalue weighted by atomic mass is 10.2. The Kier molecular flexibility index (Phi) is 7.18. The van der Waals surface area contributed by atoms with E-state index in [1.807, 2.05) is 0 Å². The van der Waals surface area contributed by atoms with Crippen LogP contribution in [-0.2, 0) is 4.79 Å². The molecule has 142 valence electrons. The molecule has 8 nitrogen and oxygen atoms in total. The molecule has 2 aromatic rings. The minimum absolute atomic E-state index is 0.0353. The molecule has 0 spiro atoms. The lowest BCUT2D eigenvalue weighted by Gasteiger charge is -2.07. The molecule has 0 fully saturated rings. The predicted molar refractivity (Wildman–Crippen MR) is 103 cm³/mol.